The summed E-state index contributed by atoms with van der Waals surface area (Å²) in [6.07, 6.45) is 2.83. The summed E-state index contributed by atoms with van der Waals surface area (Å²) in [5.41, 5.74) is 1.92. The van der Waals surface area contributed by atoms with E-state index in [0.29, 0.717) is 24.0 Å². The van der Waals surface area contributed by atoms with Crippen molar-refractivity contribution < 1.29 is 18.3 Å². The summed E-state index contributed by atoms with van der Waals surface area (Å²) in [5.74, 6) is 1.64. The van der Waals surface area contributed by atoms with Gasteiger partial charge in [0, 0.05) is 18.2 Å². The number of nitrogens with zero attached hydrogens (tertiary/aromatic N) is 3. The van der Waals surface area contributed by atoms with E-state index in [-0.39, 0.29) is 17.4 Å². The lowest BCUT2D eigenvalue weighted by Crippen LogP contribution is -2.27. The number of aromatic nitrogens is 3. The predicted molar refractivity (Wildman–Crippen MR) is 114 cm³/mol. The number of ether oxygens (including phenoxy) is 1. The minimum Gasteiger partial charge on any atom is -0.435 e. The molecule has 4 rings (SSSR count). The molecule has 9 heteroatoms. The molecule has 3 aromatic rings. The second-order valence-electron chi connectivity index (χ2n) is 7.20. The van der Waals surface area contributed by atoms with Gasteiger partial charge in [-0.2, -0.15) is 8.78 Å². The van der Waals surface area contributed by atoms with Crippen molar-refractivity contribution in [3.63, 3.8) is 0 Å². The van der Waals surface area contributed by atoms with E-state index in [1.807, 2.05) is 34.9 Å². The molecule has 0 saturated heterocycles. The van der Waals surface area contributed by atoms with E-state index in [9.17, 15) is 13.6 Å². The molecule has 162 valence electrons. The molecule has 31 heavy (non-hydrogen) atoms. The maximum absolute atomic E-state index is 12.3. The maximum Gasteiger partial charge on any atom is 0.387 e. The second kappa shape index (κ2) is 9.91. The van der Waals surface area contributed by atoms with E-state index in [1.165, 1.54) is 23.9 Å². The summed E-state index contributed by atoms with van der Waals surface area (Å²) in [5, 5.41) is 12.3. The van der Waals surface area contributed by atoms with E-state index in [2.05, 4.69) is 20.3 Å². The van der Waals surface area contributed by atoms with Gasteiger partial charge < -0.3 is 10.1 Å². The van der Waals surface area contributed by atoms with Gasteiger partial charge in [-0.05, 0) is 49.1 Å². The highest BCUT2D eigenvalue weighted by molar-refractivity contribution is 7.99. The normalized spacial score (nSPS) is 13.4. The summed E-state index contributed by atoms with van der Waals surface area (Å²) >= 11 is 1.36. The standard InChI is InChI=1S/C22H22F2N4O2S/c23-21(24)30-18-10-6-15(7-11-18)12-13-25-19(29)14-31-22-27-26-20(16-8-9-16)28(22)17-4-2-1-3-5-17/h1-7,10-11,16,21H,8-9,12-14H2,(H,25,29). The summed E-state index contributed by atoms with van der Waals surface area (Å²) in [6.45, 7) is -2.39. The molecular weight excluding hydrogens is 422 g/mol. The number of carbonyl (C=O) groups is 1. The van der Waals surface area contributed by atoms with Gasteiger partial charge in [0.05, 0.1) is 5.75 Å². The number of rotatable bonds is 10. The molecule has 1 aliphatic rings. The Hall–Kier alpha value is -2.94. The SMILES string of the molecule is O=C(CSc1nnc(C2CC2)n1-c1ccccc1)NCCc1ccc(OC(F)F)cc1. The Balaban J connectivity index is 1.28. The smallest absolute Gasteiger partial charge is 0.387 e. The Labute approximate surface area is 183 Å². The van der Waals surface area contributed by atoms with Crippen LogP contribution in [0.5, 0.6) is 5.75 Å². The van der Waals surface area contributed by atoms with Crippen LogP contribution in [0.3, 0.4) is 0 Å². The molecule has 1 fully saturated rings. The third-order valence-electron chi connectivity index (χ3n) is 4.83. The van der Waals surface area contributed by atoms with Crippen LogP contribution in [0.4, 0.5) is 8.78 Å². The minimum absolute atomic E-state index is 0.0989. The number of alkyl halides is 2. The van der Waals surface area contributed by atoms with Crippen LogP contribution in [-0.2, 0) is 11.2 Å². The third kappa shape index (κ3) is 5.81. The Morgan fingerprint density at radius 2 is 1.87 bits per heavy atom. The van der Waals surface area contributed by atoms with Crippen LogP contribution in [0, 0.1) is 0 Å². The van der Waals surface area contributed by atoms with Gasteiger partial charge in [-0.15, -0.1) is 10.2 Å². The van der Waals surface area contributed by atoms with Crippen LogP contribution in [0.15, 0.2) is 59.8 Å². The Bertz CT molecular complexity index is 1010. The number of nitrogens with one attached hydrogen (secondary N) is 1. The molecule has 1 aliphatic carbocycles. The van der Waals surface area contributed by atoms with Gasteiger partial charge in [0.15, 0.2) is 5.16 Å². The molecule has 2 aromatic carbocycles. The highest BCUT2D eigenvalue weighted by atomic mass is 32.2. The number of hydrogen-bond acceptors (Lipinski definition) is 5. The van der Waals surface area contributed by atoms with Gasteiger partial charge in [0.1, 0.15) is 11.6 Å². The van der Waals surface area contributed by atoms with E-state index < -0.39 is 6.61 Å². The lowest BCUT2D eigenvalue weighted by atomic mass is 10.1. The van der Waals surface area contributed by atoms with Gasteiger partial charge in [0.25, 0.3) is 0 Å². The predicted octanol–water partition coefficient (Wildman–Crippen LogP) is 4.20. The Morgan fingerprint density at radius 1 is 1.13 bits per heavy atom. The monoisotopic (exact) mass is 444 g/mol. The number of amides is 1. The first-order valence-corrected chi connectivity index (χ1v) is 11.0. The van der Waals surface area contributed by atoms with Gasteiger partial charge in [0.2, 0.25) is 5.91 Å². The first-order valence-electron chi connectivity index (χ1n) is 10.0. The first-order chi connectivity index (χ1) is 15.1. The molecule has 0 unspecified atom stereocenters. The lowest BCUT2D eigenvalue weighted by Gasteiger charge is -2.10. The zero-order valence-corrected chi connectivity index (χ0v) is 17.5. The molecule has 1 amide bonds. The average Bonchev–Trinajstić information content (AvgIpc) is 3.53. The fourth-order valence-electron chi connectivity index (χ4n) is 3.17. The summed E-state index contributed by atoms with van der Waals surface area (Å²) in [6, 6.07) is 16.3. The van der Waals surface area contributed by atoms with Crippen molar-refractivity contribution >= 4 is 17.7 Å². The fraction of sp³-hybridized carbons (Fsp3) is 0.318. The fourth-order valence-corrected chi connectivity index (χ4v) is 3.95. The largest absolute Gasteiger partial charge is 0.435 e. The van der Waals surface area contributed by atoms with E-state index >= 15 is 0 Å². The van der Waals surface area contributed by atoms with Crippen LogP contribution in [-0.4, -0.2) is 39.6 Å². The molecule has 1 aromatic heterocycles. The van der Waals surface area contributed by atoms with Crippen molar-refractivity contribution in [3.05, 3.63) is 66.0 Å². The number of para-hydroxylation sites is 1. The van der Waals surface area contributed by atoms with Crippen LogP contribution in [0.25, 0.3) is 5.69 Å². The minimum atomic E-state index is -2.84. The summed E-state index contributed by atoms with van der Waals surface area (Å²) in [7, 11) is 0. The zero-order valence-electron chi connectivity index (χ0n) is 16.7. The highest BCUT2D eigenvalue weighted by Crippen LogP contribution is 2.41. The van der Waals surface area contributed by atoms with Gasteiger partial charge in [-0.3, -0.25) is 9.36 Å². The first kappa shape index (κ1) is 21.3. The summed E-state index contributed by atoms with van der Waals surface area (Å²) < 4.78 is 30.8. The van der Waals surface area contributed by atoms with Gasteiger partial charge in [-0.25, -0.2) is 0 Å². The van der Waals surface area contributed by atoms with Crippen molar-refractivity contribution in [1.82, 2.24) is 20.1 Å². The average molecular weight is 445 g/mol. The molecule has 1 heterocycles. The molecule has 6 nitrogen and oxygen atoms in total. The summed E-state index contributed by atoms with van der Waals surface area (Å²) in [4.78, 5) is 12.3. The number of carbonyl (C=O) groups excluding carboxylic acids is 1. The van der Waals surface area contributed by atoms with Gasteiger partial charge >= 0.3 is 6.61 Å². The highest BCUT2D eigenvalue weighted by Gasteiger charge is 2.31. The molecular formula is C22H22F2N4O2S. The molecule has 1 N–H and O–H groups in total. The molecule has 0 radical (unpaired) electrons. The van der Waals surface area contributed by atoms with Crippen molar-refractivity contribution in [2.75, 3.05) is 12.3 Å². The van der Waals surface area contributed by atoms with Crippen LogP contribution < -0.4 is 10.1 Å². The van der Waals surface area contributed by atoms with Gasteiger partial charge in [-0.1, -0.05) is 42.1 Å². The molecule has 1 saturated carbocycles. The topological polar surface area (TPSA) is 69.0 Å². The molecule has 0 atom stereocenters. The van der Waals surface area contributed by atoms with E-state index in [4.69, 9.17) is 0 Å². The lowest BCUT2D eigenvalue weighted by molar-refractivity contribution is -0.118. The van der Waals surface area contributed by atoms with Crippen LogP contribution >= 0.6 is 11.8 Å². The Morgan fingerprint density at radius 3 is 2.55 bits per heavy atom. The van der Waals surface area contributed by atoms with Crippen molar-refractivity contribution in [3.8, 4) is 11.4 Å². The third-order valence-corrected chi connectivity index (χ3v) is 5.76. The van der Waals surface area contributed by atoms with Crippen molar-refractivity contribution in [2.24, 2.45) is 0 Å². The van der Waals surface area contributed by atoms with Crippen molar-refractivity contribution in [1.29, 1.82) is 0 Å². The van der Waals surface area contributed by atoms with E-state index in [0.717, 1.165) is 29.9 Å². The number of hydrogen-bond donors (Lipinski definition) is 1. The zero-order chi connectivity index (χ0) is 21.6. The second-order valence-corrected chi connectivity index (χ2v) is 8.14. The number of thioether (sulfide) groups is 1. The maximum atomic E-state index is 12.3. The van der Waals surface area contributed by atoms with Crippen molar-refractivity contribution in [2.45, 2.75) is 36.9 Å². The quantitative estimate of drug-likeness (QED) is 0.475. The molecule has 0 bridgehead atoms. The number of benzene rings is 2. The van der Waals surface area contributed by atoms with Crippen LogP contribution in [0.2, 0.25) is 0 Å². The van der Waals surface area contributed by atoms with E-state index in [1.54, 1.807) is 12.1 Å². The number of halogens is 2. The molecule has 0 spiro atoms. The van der Waals surface area contributed by atoms with Crippen LogP contribution in [0.1, 0.15) is 30.1 Å². The molecule has 0 aliphatic heterocycles. The Kier molecular flexibility index (Phi) is 6.81.